The van der Waals surface area contributed by atoms with Gasteiger partial charge in [-0.05, 0) is 43.0 Å². The van der Waals surface area contributed by atoms with E-state index in [-0.39, 0.29) is 11.8 Å². The first-order valence-corrected chi connectivity index (χ1v) is 10.1. The summed E-state index contributed by atoms with van der Waals surface area (Å²) in [5.41, 5.74) is 2.95. The number of carbonyl (C=O) groups excluding carboxylic acids is 1. The van der Waals surface area contributed by atoms with Crippen LogP contribution in [0.4, 0.5) is 5.13 Å². The van der Waals surface area contributed by atoms with Crippen molar-refractivity contribution < 1.29 is 4.79 Å². The molecule has 0 radical (unpaired) electrons. The summed E-state index contributed by atoms with van der Waals surface area (Å²) in [6.07, 6.45) is 7.73. The molecular formula is C20H20ClN3OS. The third kappa shape index (κ3) is 3.33. The molecule has 1 amide bonds. The molecule has 26 heavy (non-hydrogen) atoms. The molecule has 4 nitrogen and oxygen atoms in total. The van der Waals surface area contributed by atoms with Crippen LogP contribution in [0.5, 0.6) is 0 Å². The van der Waals surface area contributed by atoms with Crippen LogP contribution in [0.1, 0.15) is 36.8 Å². The molecule has 0 spiro atoms. The Morgan fingerprint density at radius 3 is 2.81 bits per heavy atom. The number of benzene rings is 1. The fourth-order valence-corrected chi connectivity index (χ4v) is 4.83. The summed E-state index contributed by atoms with van der Waals surface area (Å²) >= 11 is 7.87. The molecule has 1 aliphatic carbocycles. The Bertz CT molecular complexity index is 896. The van der Waals surface area contributed by atoms with Crippen molar-refractivity contribution in [2.75, 3.05) is 4.90 Å². The van der Waals surface area contributed by atoms with E-state index < -0.39 is 0 Å². The van der Waals surface area contributed by atoms with Gasteiger partial charge in [-0.25, -0.2) is 4.98 Å². The van der Waals surface area contributed by atoms with Crippen LogP contribution in [0.2, 0.25) is 5.02 Å². The molecule has 0 saturated heterocycles. The van der Waals surface area contributed by atoms with Gasteiger partial charge in [0.25, 0.3) is 0 Å². The average Bonchev–Trinajstić information content (AvgIpc) is 3.33. The summed E-state index contributed by atoms with van der Waals surface area (Å²) in [7, 11) is 0. The van der Waals surface area contributed by atoms with Crippen LogP contribution in [0.3, 0.4) is 0 Å². The molecule has 0 bridgehead atoms. The molecule has 0 N–H and O–H groups in total. The zero-order valence-electron chi connectivity index (χ0n) is 14.6. The van der Waals surface area contributed by atoms with Gasteiger partial charge in [0, 0.05) is 18.3 Å². The molecule has 134 valence electrons. The van der Waals surface area contributed by atoms with Crippen molar-refractivity contribution in [1.82, 2.24) is 9.97 Å². The Hall–Kier alpha value is -1.98. The van der Waals surface area contributed by atoms with Crippen LogP contribution in [-0.4, -0.2) is 15.9 Å². The van der Waals surface area contributed by atoms with E-state index >= 15 is 0 Å². The summed E-state index contributed by atoms with van der Waals surface area (Å²) in [6, 6.07) is 7.75. The van der Waals surface area contributed by atoms with Crippen LogP contribution in [0.15, 0.2) is 36.7 Å². The van der Waals surface area contributed by atoms with E-state index in [1.807, 2.05) is 36.1 Å². The number of halogens is 1. The average molecular weight is 386 g/mol. The fourth-order valence-electron chi connectivity index (χ4n) is 3.51. The highest BCUT2D eigenvalue weighted by Gasteiger charge is 2.30. The van der Waals surface area contributed by atoms with Gasteiger partial charge >= 0.3 is 0 Å². The smallest absolute Gasteiger partial charge is 0.232 e. The third-order valence-corrected chi connectivity index (χ3v) is 6.49. The van der Waals surface area contributed by atoms with Crippen molar-refractivity contribution in [3.63, 3.8) is 0 Å². The fraction of sp³-hybridized carbons (Fsp3) is 0.350. The van der Waals surface area contributed by atoms with Crippen LogP contribution < -0.4 is 4.90 Å². The first-order chi connectivity index (χ1) is 12.6. The summed E-state index contributed by atoms with van der Waals surface area (Å²) in [6.45, 7) is 2.51. The number of aryl methyl sites for hydroxylation is 1. The maximum Gasteiger partial charge on any atom is 0.232 e. The van der Waals surface area contributed by atoms with E-state index in [2.05, 4.69) is 4.98 Å². The summed E-state index contributed by atoms with van der Waals surface area (Å²) in [5.74, 6) is 0.259. The molecule has 3 aromatic rings. The highest BCUT2D eigenvalue weighted by Crippen LogP contribution is 2.37. The van der Waals surface area contributed by atoms with Gasteiger partial charge in [0.05, 0.1) is 21.8 Å². The van der Waals surface area contributed by atoms with Crippen LogP contribution in [0.25, 0.3) is 10.2 Å². The van der Waals surface area contributed by atoms with Crippen molar-refractivity contribution in [3.05, 3.63) is 52.8 Å². The lowest BCUT2D eigenvalue weighted by atomic mass is 10.1. The van der Waals surface area contributed by atoms with Crippen LogP contribution in [-0.2, 0) is 11.3 Å². The number of amides is 1. The van der Waals surface area contributed by atoms with E-state index in [0.717, 1.165) is 52.2 Å². The normalized spacial score (nSPS) is 14.8. The lowest BCUT2D eigenvalue weighted by Crippen LogP contribution is -2.34. The van der Waals surface area contributed by atoms with E-state index in [1.165, 1.54) is 11.3 Å². The lowest BCUT2D eigenvalue weighted by Gasteiger charge is -2.23. The maximum absolute atomic E-state index is 13.2. The maximum atomic E-state index is 13.2. The quantitative estimate of drug-likeness (QED) is 0.605. The number of anilines is 1. The number of nitrogens with zero attached hydrogens (tertiary/aromatic N) is 3. The number of carbonyl (C=O) groups is 1. The highest BCUT2D eigenvalue weighted by molar-refractivity contribution is 7.23. The minimum atomic E-state index is 0.0928. The summed E-state index contributed by atoms with van der Waals surface area (Å²) in [5, 5.41) is 1.40. The monoisotopic (exact) mass is 385 g/mol. The Morgan fingerprint density at radius 1 is 1.31 bits per heavy atom. The topological polar surface area (TPSA) is 46.1 Å². The van der Waals surface area contributed by atoms with Gasteiger partial charge in [-0.3, -0.25) is 14.7 Å². The minimum Gasteiger partial charge on any atom is -0.283 e. The second kappa shape index (κ2) is 7.33. The van der Waals surface area contributed by atoms with Gasteiger partial charge in [-0.2, -0.15) is 0 Å². The first kappa shape index (κ1) is 17.4. The van der Waals surface area contributed by atoms with Gasteiger partial charge in [0.1, 0.15) is 0 Å². The Labute approximate surface area is 161 Å². The predicted molar refractivity (Wildman–Crippen MR) is 107 cm³/mol. The number of aromatic nitrogens is 2. The number of hydrogen-bond acceptors (Lipinski definition) is 4. The van der Waals surface area contributed by atoms with Gasteiger partial charge < -0.3 is 0 Å². The lowest BCUT2D eigenvalue weighted by molar-refractivity contribution is -0.122. The van der Waals surface area contributed by atoms with E-state index in [4.69, 9.17) is 16.6 Å². The Morgan fingerprint density at radius 2 is 2.12 bits per heavy atom. The number of hydrogen-bond donors (Lipinski definition) is 0. The minimum absolute atomic E-state index is 0.0928. The molecule has 2 aromatic heterocycles. The molecule has 2 heterocycles. The number of thiazole rings is 1. The van der Waals surface area contributed by atoms with Gasteiger partial charge in [-0.1, -0.05) is 47.9 Å². The molecule has 0 aliphatic heterocycles. The molecular weight excluding hydrogens is 366 g/mol. The summed E-state index contributed by atoms with van der Waals surface area (Å²) < 4.78 is 0.942. The molecule has 4 rings (SSSR count). The SMILES string of the molecule is Cc1ccc(Cl)c2sc(N(Cc3cccnc3)C(=O)C3CCCC3)nc12. The second-order valence-corrected chi connectivity index (χ2v) is 8.19. The molecule has 0 unspecified atom stereocenters. The second-order valence-electron chi connectivity index (χ2n) is 6.81. The largest absolute Gasteiger partial charge is 0.283 e. The molecule has 1 aromatic carbocycles. The van der Waals surface area contributed by atoms with Crippen LogP contribution >= 0.6 is 22.9 Å². The van der Waals surface area contributed by atoms with E-state index in [1.54, 1.807) is 12.4 Å². The number of fused-ring (bicyclic) bond motifs is 1. The zero-order valence-corrected chi connectivity index (χ0v) is 16.2. The predicted octanol–water partition coefficient (Wildman–Crippen LogP) is 5.38. The van der Waals surface area contributed by atoms with Crippen molar-refractivity contribution in [1.29, 1.82) is 0 Å². The Kier molecular flexibility index (Phi) is 4.92. The standard InChI is InChI=1S/C20H20ClN3OS/c1-13-8-9-16(21)18-17(13)23-20(26-18)24(12-14-5-4-10-22-11-14)19(25)15-6-2-3-7-15/h4-5,8-11,15H,2-3,6-7,12H2,1H3. The van der Waals surface area contributed by atoms with E-state index in [9.17, 15) is 4.79 Å². The number of rotatable bonds is 4. The summed E-state index contributed by atoms with van der Waals surface area (Å²) in [4.78, 5) is 24.0. The highest BCUT2D eigenvalue weighted by atomic mass is 35.5. The molecule has 1 saturated carbocycles. The molecule has 0 atom stereocenters. The van der Waals surface area contributed by atoms with Gasteiger partial charge in [0.15, 0.2) is 5.13 Å². The van der Waals surface area contributed by atoms with Crippen molar-refractivity contribution >= 4 is 44.2 Å². The molecule has 6 heteroatoms. The first-order valence-electron chi connectivity index (χ1n) is 8.89. The van der Waals surface area contributed by atoms with Crippen molar-refractivity contribution in [2.24, 2.45) is 5.92 Å². The molecule has 1 fully saturated rings. The van der Waals surface area contributed by atoms with Gasteiger partial charge in [-0.15, -0.1) is 0 Å². The third-order valence-electron chi connectivity index (χ3n) is 4.95. The number of pyridine rings is 1. The van der Waals surface area contributed by atoms with E-state index in [0.29, 0.717) is 11.6 Å². The van der Waals surface area contributed by atoms with Crippen molar-refractivity contribution in [3.8, 4) is 0 Å². The zero-order chi connectivity index (χ0) is 18.1. The van der Waals surface area contributed by atoms with Crippen molar-refractivity contribution in [2.45, 2.75) is 39.2 Å². The van der Waals surface area contributed by atoms with Gasteiger partial charge in [0.2, 0.25) is 5.91 Å². The Balaban J connectivity index is 1.75. The molecule has 1 aliphatic rings. The van der Waals surface area contributed by atoms with Crippen LogP contribution in [0, 0.1) is 12.8 Å².